The Balaban J connectivity index is 1.36. The van der Waals surface area contributed by atoms with Crippen molar-refractivity contribution >= 4 is 23.5 Å². The minimum atomic E-state index is 0.247. The summed E-state index contributed by atoms with van der Waals surface area (Å²) >= 11 is 5.50. The minimum absolute atomic E-state index is 0.247. The van der Waals surface area contributed by atoms with Crippen LogP contribution < -0.4 is 10.7 Å². The Labute approximate surface area is 143 Å². The first-order chi connectivity index (χ1) is 11.1. The van der Waals surface area contributed by atoms with E-state index in [2.05, 4.69) is 34.9 Å². The van der Waals surface area contributed by atoms with Gasteiger partial charge in [0, 0.05) is 5.54 Å². The third kappa shape index (κ3) is 3.14. The maximum Gasteiger partial charge on any atom is 0.187 e. The summed E-state index contributed by atoms with van der Waals surface area (Å²) in [7, 11) is 0. The van der Waals surface area contributed by atoms with Gasteiger partial charge in [-0.05, 0) is 86.5 Å². The van der Waals surface area contributed by atoms with E-state index in [-0.39, 0.29) is 5.54 Å². The number of hydrogen-bond donors (Lipinski definition) is 2. The van der Waals surface area contributed by atoms with Crippen molar-refractivity contribution in [2.24, 2.45) is 22.9 Å². The van der Waals surface area contributed by atoms with E-state index in [1.807, 2.05) is 18.3 Å². The molecule has 3 nitrogen and oxygen atoms in total. The van der Waals surface area contributed by atoms with Crippen LogP contribution in [0.25, 0.3) is 0 Å². The minimum Gasteiger partial charge on any atom is -0.356 e. The van der Waals surface area contributed by atoms with E-state index in [9.17, 15) is 0 Å². The Bertz CT molecular complexity index is 602. The normalized spacial score (nSPS) is 34.7. The molecule has 23 heavy (non-hydrogen) atoms. The molecule has 0 spiro atoms. The van der Waals surface area contributed by atoms with Gasteiger partial charge < -0.3 is 5.32 Å². The molecule has 4 saturated carbocycles. The monoisotopic (exact) mass is 327 g/mol. The van der Waals surface area contributed by atoms with Gasteiger partial charge in [-0.1, -0.05) is 24.3 Å². The van der Waals surface area contributed by atoms with Gasteiger partial charge in [0.15, 0.2) is 5.11 Å². The number of hydrazone groups is 1. The largest absolute Gasteiger partial charge is 0.356 e. The molecule has 4 aliphatic rings. The van der Waals surface area contributed by atoms with Crippen LogP contribution in [-0.4, -0.2) is 16.9 Å². The van der Waals surface area contributed by atoms with Crippen molar-refractivity contribution < 1.29 is 0 Å². The average Bonchev–Trinajstić information content (AvgIpc) is 2.47. The van der Waals surface area contributed by atoms with Gasteiger partial charge in [-0.3, -0.25) is 5.43 Å². The first kappa shape index (κ1) is 15.1. The highest BCUT2D eigenvalue weighted by Gasteiger charge is 2.51. The Hall–Kier alpha value is -1.42. The Morgan fingerprint density at radius 3 is 2.35 bits per heavy atom. The summed E-state index contributed by atoms with van der Waals surface area (Å²) in [5, 5.41) is 8.63. The molecule has 4 heteroatoms. The van der Waals surface area contributed by atoms with Crippen molar-refractivity contribution in [1.82, 2.24) is 10.7 Å². The molecule has 0 amide bonds. The summed E-state index contributed by atoms with van der Waals surface area (Å²) in [5.41, 5.74) is 5.61. The van der Waals surface area contributed by atoms with Crippen LogP contribution in [0.3, 0.4) is 0 Å². The topological polar surface area (TPSA) is 36.4 Å². The molecule has 0 radical (unpaired) electrons. The van der Waals surface area contributed by atoms with Gasteiger partial charge >= 0.3 is 0 Å². The van der Waals surface area contributed by atoms with Crippen molar-refractivity contribution in [3.63, 3.8) is 0 Å². The van der Waals surface area contributed by atoms with Crippen molar-refractivity contribution in [1.29, 1.82) is 0 Å². The first-order valence-electron chi connectivity index (χ1n) is 8.79. The summed E-state index contributed by atoms with van der Waals surface area (Å²) in [6.45, 7) is 2.09. The molecule has 0 heterocycles. The number of hydrogen-bond acceptors (Lipinski definition) is 2. The molecule has 1 aromatic rings. The number of nitrogens with one attached hydrogen (secondary N) is 2. The zero-order valence-electron chi connectivity index (χ0n) is 13.7. The molecule has 4 aliphatic carbocycles. The lowest BCUT2D eigenvalue weighted by molar-refractivity contribution is -0.0101. The van der Waals surface area contributed by atoms with Crippen LogP contribution in [0.15, 0.2) is 29.4 Å². The van der Waals surface area contributed by atoms with Crippen LogP contribution in [0.4, 0.5) is 0 Å². The molecule has 0 aromatic heterocycles. The molecule has 0 atom stereocenters. The second-order valence-corrected chi connectivity index (χ2v) is 8.29. The Morgan fingerprint density at radius 2 is 1.74 bits per heavy atom. The van der Waals surface area contributed by atoms with Crippen LogP contribution in [0.1, 0.15) is 49.7 Å². The molecule has 2 N–H and O–H groups in total. The van der Waals surface area contributed by atoms with Gasteiger partial charge in [0.1, 0.15) is 0 Å². The molecule has 0 aliphatic heterocycles. The summed E-state index contributed by atoms with van der Waals surface area (Å²) in [5.74, 6) is 2.77. The number of rotatable bonds is 3. The number of nitrogens with zero attached hydrogens (tertiary/aromatic N) is 1. The molecule has 0 saturated heterocycles. The maximum atomic E-state index is 5.50. The summed E-state index contributed by atoms with van der Waals surface area (Å²) < 4.78 is 0. The fourth-order valence-electron chi connectivity index (χ4n) is 5.42. The first-order valence-corrected chi connectivity index (χ1v) is 9.20. The second-order valence-electron chi connectivity index (χ2n) is 7.88. The van der Waals surface area contributed by atoms with Crippen LogP contribution in [0.5, 0.6) is 0 Å². The lowest BCUT2D eigenvalue weighted by Gasteiger charge is -2.57. The van der Waals surface area contributed by atoms with E-state index in [4.69, 9.17) is 12.2 Å². The van der Waals surface area contributed by atoms with Crippen molar-refractivity contribution in [2.75, 3.05) is 0 Å². The molecule has 4 fully saturated rings. The molecular formula is C19H25N3S. The zero-order chi connectivity index (χ0) is 15.9. The fourth-order valence-corrected chi connectivity index (χ4v) is 5.69. The maximum absolute atomic E-state index is 5.50. The standard InChI is InChI=1S/C19H25N3S/c1-13-4-2-3-5-17(13)12-20-22-18(23)21-19-9-14-6-15(10-19)8-16(7-14)11-19/h2-5,12,14-16H,6-11H2,1H3,(H2,21,22,23)/b20-12+. The number of benzene rings is 1. The molecule has 0 unspecified atom stereocenters. The van der Waals surface area contributed by atoms with E-state index in [0.717, 1.165) is 23.3 Å². The zero-order valence-corrected chi connectivity index (χ0v) is 14.5. The summed E-state index contributed by atoms with van der Waals surface area (Å²) in [6.07, 6.45) is 10.1. The second kappa shape index (κ2) is 5.90. The Kier molecular flexibility index (Phi) is 3.88. The van der Waals surface area contributed by atoms with E-state index < -0.39 is 0 Å². The van der Waals surface area contributed by atoms with Crippen molar-refractivity contribution in [3.05, 3.63) is 35.4 Å². The van der Waals surface area contributed by atoms with E-state index in [0.29, 0.717) is 5.11 Å². The van der Waals surface area contributed by atoms with Gasteiger partial charge in [-0.25, -0.2) is 0 Å². The lowest BCUT2D eigenvalue weighted by atomic mass is 9.53. The summed E-state index contributed by atoms with van der Waals surface area (Å²) in [4.78, 5) is 0. The SMILES string of the molecule is Cc1ccccc1/C=N/NC(=S)NC12CC3CC(CC(C3)C1)C2. The van der Waals surface area contributed by atoms with Crippen LogP contribution in [0.2, 0.25) is 0 Å². The van der Waals surface area contributed by atoms with Crippen LogP contribution in [0, 0.1) is 24.7 Å². The van der Waals surface area contributed by atoms with Gasteiger partial charge in [0.2, 0.25) is 0 Å². The highest BCUT2D eigenvalue weighted by atomic mass is 32.1. The summed E-state index contributed by atoms with van der Waals surface area (Å²) in [6, 6.07) is 8.23. The number of aryl methyl sites for hydroxylation is 1. The quantitative estimate of drug-likeness (QED) is 0.504. The average molecular weight is 327 g/mol. The van der Waals surface area contributed by atoms with Crippen LogP contribution in [-0.2, 0) is 0 Å². The van der Waals surface area contributed by atoms with Gasteiger partial charge in [0.05, 0.1) is 6.21 Å². The highest BCUT2D eigenvalue weighted by Crippen LogP contribution is 2.55. The van der Waals surface area contributed by atoms with E-state index >= 15 is 0 Å². The van der Waals surface area contributed by atoms with Crippen molar-refractivity contribution in [3.8, 4) is 0 Å². The molecule has 5 rings (SSSR count). The van der Waals surface area contributed by atoms with Gasteiger partial charge in [-0.2, -0.15) is 5.10 Å². The van der Waals surface area contributed by atoms with Crippen molar-refractivity contribution in [2.45, 2.75) is 51.0 Å². The molecular weight excluding hydrogens is 302 g/mol. The smallest absolute Gasteiger partial charge is 0.187 e. The van der Waals surface area contributed by atoms with Gasteiger partial charge in [-0.15, -0.1) is 0 Å². The fraction of sp³-hybridized carbons (Fsp3) is 0.579. The third-order valence-electron chi connectivity index (χ3n) is 5.98. The third-order valence-corrected chi connectivity index (χ3v) is 6.17. The Morgan fingerprint density at radius 1 is 1.13 bits per heavy atom. The number of thiocarbonyl (C=S) groups is 1. The molecule has 1 aromatic carbocycles. The van der Waals surface area contributed by atoms with Crippen LogP contribution >= 0.6 is 12.2 Å². The van der Waals surface area contributed by atoms with Gasteiger partial charge in [0.25, 0.3) is 0 Å². The molecule has 122 valence electrons. The highest BCUT2D eigenvalue weighted by molar-refractivity contribution is 7.80. The molecule has 4 bridgehead atoms. The van der Waals surface area contributed by atoms with E-state index in [1.54, 1.807) is 0 Å². The predicted octanol–water partition coefficient (Wildman–Crippen LogP) is 3.76. The predicted molar refractivity (Wildman–Crippen MR) is 98.5 cm³/mol. The van der Waals surface area contributed by atoms with E-state index in [1.165, 1.54) is 44.1 Å². The lowest BCUT2D eigenvalue weighted by Crippen LogP contribution is -2.61.